The van der Waals surface area contributed by atoms with Gasteiger partial charge in [0.1, 0.15) is 0 Å². The van der Waals surface area contributed by atoms with Crippen molar-refractivity contribution in [2.24, 2.45) is 5.92 Å². The van der Waals surface area contributed by atoms with Crippen molar-refractivity contribution >= 4 is 5.97 Å². The number of aliphatic hydroxyl groups is 2. The highest BCUT2D eigenvalue weighted by Crippen LogP contribution is 2.34. The molecule has 0 aromatic carbocycles. The second-order valence-electron chi connectivity index (χ2n) is 2.80. The van der Waals surface area contributed by atoms with E-state index in [2.05, 4.69) is 4.74 Å². The molecule has 0 spiro atoms. The van der Waals surface area contributed by atoms with Crippen molar-refractivity contribution in [1.29, 1.82) is 0 Å². The Morgan fingerprint density at radius 1 is 1.55 bits per heavy atom. The van der Waals surface area contributed by atoms with E-state index in [-0.39, 0.29) is 5.92 Å². The van der Waals surface area contributed by atoms with Gasteiger partial charge in [-0.05, 0) is 18.8 Å². The summed E-state index contributed by atoms with van der Waals surface area (Å²) in [5.74, 6) is -0.673. The standard InChI is InChI=1S/C7H12O4/c1-11-7(10)6(9)5(8)4-2-3-4/h4-6,8-9H,2-3H2,1H3/t5-,6+/m1/s1. The van der Waals surface area contributed by atoms with E-state index in [0.717, 1.165) is 12.8 Å². The molecule has 1 saturated carbocycles. The van der Waals surface area contributed by atoms with Crippen molar-refractivity contribution in [3.63, 3.8) is 0 Å². The average molecular weight is 160 g/mol. The van der Waals surface area contributed by atoms with Crippen LogP contribution in [0.3, 0.4) is 0 Å². The van der Waals surface area contributed by atoms with Crippen LogP contribution < -0.4 is 0 Å². The third kappa shape index (κ3) is 1.91. The molecule has 0 aromatic rings. The van der Waals surface area contributed by atoms with Crippen molar-refractivity contribution in [3.05, 3.63) is 0 Å². The SMILES string of the molecule is COC(=O)[C@@H](O)[C@H](O)C1CC1. The molecule has 4 heteroatoms. The van der Waals surface area contributed by atoms with Crippen LogP contribution in [0.25, 0.3) is 0 Å². The predicted molar refractivity (Wildman–Crippen MR) is 36.8 cm³/mol. The summed E-state index contributed by atoms with van der Waals surface area (Å²) in [5, 5.41) is 18.3. The molecular weight excluding hydrogens is 148 g/mol. The molecule has 11 heavy (non-hydrogen) atoms. The highest BCUT2D eigenvalue weighted by atomic mass is 16.5. The zero-order valence-corrected chi connectivity index (χ0v) is 6.36. The molecular formula is C7H12O4. The second kappa shape index (κ2) is 3.19. The smallest absolute Gasteiger partial charge is 0.337 e. The molecule has 0 aromatic heterocycles. The third-order valence-corrected chi connectivity index (χ3v) is 1.87. The van der Waals surface area contributed by atoms with Crippen LogP contribution in [0.2, 0.25) is 0 Å². The molecule has 2 atom stereocenters. The quantitative estimate of drug-likeness (QED) is 0.535. The van der Waals surface area contributed by atoms with E-state index in [1.54, 1.807) is 0 Å². The summed E-state index contributed by atoms with van der Waals surface area (Å²) < 4.78 is 4.26. The van der Waals surface area contributed by atoms with Crippen LogP contribution >= 0.6 is 0 Å². The maximum Gasteiger partial charge on any atom is 0.337 e. The normalized spacial score (nSPS) is 22.5. The van der Waals surface area contributed by atoms with E-state index in [0.29, 0.717) is 0 Å². The summed E-state index contributed by atoms with van der Waals surface area (Å²) in [4.78, 5) is 10.7. The van der Waals surface area contributed by atoms with Crippen LogP contribution in [0.5, 0.6) is 0 Å². The highest BCUT2D eigenvalue weighted by molar-refractivity contribution is 5.75. The first kappa shape index (κ1) is 8.49. The summed E-state index contributed by atoms with van der Waals surface area (Å²) >= 11 is 0. The molecule has 0 unspecified atom stereocenters. The van der Waals surface area contributed by atoms with Gasteiger partial charge in [0.05, 0.1) is 13.2 Å². The second-order valence-corrected chi connectivity index (χ2v) is 2.80. The Kier molecular flexibility index (Phi) is 2.46. The van der Waals surface area contributed by atoms with Gasteiger partial charge in [-0.2, -0.15) is 0 Å². The Hall–Kier alpha value is -0.610. The fourth-order valence-electron chi connectivity index (χ4n) is 0.956. The number of esters is 1. The fraction of sp³-hybridized carbons (Fsp3) is 0.857. The Labute approximate surface area is 64.8 Å². The minimum atomic E-state index is -1.37. The Bertz CT molecular complexity index is 153. The van der Waals surface area contributed by atoms with Gasteiger partial charge >= 0.3 is 5.97 Å². The van der Waals surface area contributed by atoms with Gasteiger partial charge in [0.15, 0.2) is 6.10 Å². The van der Waals surface area contributed by atoms with E-state index >= 15 is 0 Å². The van der Waals surface area contributed by atoms with E-state index in [1.165, 1.54) is 7.11 Å². The predicted octanol–water partition coefficient (Wildman–Crippen LogP) is -0.709. The third-order valence-electron chi connectivity index (χ3n) is 1.87. The van der Waals surface area contributed by atoms with Gasteiger partial charge in [0, 0.05) is 0 Å². The number of rotatable bonds is 3. The molecule has 0 aliphatic heterocycles. The fourth-order valence-corrected chi connectivity index (χ4v) is 0.956. The van der Waals surface area contributed by atoms with Crippen LogP contribution in [0.15, 0.2) is 0 Å². The first-order valence-electron chi connectivity index (χ1n) is 3.60. The molecule has 0 heterocycles. The van der Waals surface area contributed by atoms with E-state index in [9.17, 15) is 9.90 Å². The van der Waals surface area contributed by atoms with Crippen LogP contribution in [0.4, 0.5) is 0 Å². The zero-order chi connectivity index (χ0) is 8.43. The molecule has 1 fully saturated rings. The first-order chi connectivity index (χ1) is 5.16. The Balaban J connectivity index is 2.38. The van der Waals surface area contributed by atoms with Crippen molar-refractivity contribution < 1.29 is 19.7 Å². The van der Waals surface area contributed by atoms with E-state index in [1.807, 2.05) is 0 Å². The molecule has 1 aliphatic rings. The number of carbonyl (C=O) groups is 1. The van der Waals surface area contributed by atoms with Crippen molar-refractivity contribution in [2.75, 3.05) is 7.11 Å². The molecule has 0 saturated heterocycles. The summed E-state index contributed by atoms with van der Waals surface area (Å²) in [6.45, 7) is 0. The maximum absolute atomic E-state index is 10.7. The number of hydrogen-bond acceptors (Lipinski definition) is 4. The number of hydrogen-bond donors (Lipinski definition) is 2. The van der Waals surface area contributed by atoms with Crippen molar-refractivity contribution in [1.82, 2.24) is 0 Å². The number of ether oxygens (including phenoxy) is 1. The Morgan fingerprint density at radius 3 is 2.45 bits per heavy atom. The number of carbonyl (C=O) groups excluding carboxylic acids is 1. The largest absolute Gasteiger partial charge is 0.467 e. The van der Waals surface area contributed by atoms with Gasteiger partial charge in [-0.1, -0.05) is 0 Å². The summed E-state index contributed by atoms with van der Waals surface area (Å²) in [6.07, 6.45) is -0.542. The van der Waals surface area contributed by atoms with Crippen LogP contribution in [0.1, 0.15) is 12.8 Å². The molecule has 1 aliphatic carbocycles. The van der Waals surface area contributed by atoms with Gasteiger partial charge in [0.2, 0.25) is 0 Å². The van der Waals surface area contributed by atoms with Crippen molar-refractivity contribution in [3.8, 4) is 0 Å². The molecule has 1 rings (SSSR count). The average Bonchev–Trinajstić information content (AvgIpc) is 2.82. The highest BCUT2D eigenvalue weighted by Gasteiger charge is 2.38. The lowest BCUT2D eigenvalue weighted by Gasteiger charge is -2.13. The van der Waals surface area contributed by atoms with E-state index < -0.39 is 18.2 Å². The minimum Gasteiger partial charge on any atom is -0.467 e. The van der Waals surface area contributed by atoms with Gasteiger partial charge < -0.3 is 14.9 Å². The lowest BCUT2D eigenvalue weighted by molar-refractivity contribution is -0.157. The lowest BCUT2D eigenvalue weighted by atomic mass is 10.1. The van der Waals surface area contributed by atoms with Crippen LogP contribution in [0, 0.1) is 5.92 Å². The molecule has 0 radical (unpaired) electrons. The van der Waals surface area contributed by atoms with Gasteiger partial charge in [-0.3, -0.25) is 0 Å². The maximum atomic E-state index is 10.7. The molecule has 64 valence electrons. The van der Waals surface area contributed by atoms with Gasteiger partial charge in [0.25, 0.3) is 0 Å². The topological polar surface area (TPSA) is 66.8 Å². The zero-order valence-electron chi connectivity index (χ0n) is 6.36. The molecule has 0 bridgehead atoms. The first-order valence-corrected chi connectivity index (χ1v) is 3.60. The number of aliphatic hydroxyl groups excluding tert-OH is 2. The molecule has 2 N–H and O–H groups in total. The minimum absolute atomic E-state index is 0.0871. The number of methoxy groups -OCH3 is 1. The summed E-state index contributed by atoms with van der Waals surface area (Å²) in [6, 6.07) is 0. The molecule has 0 amide bonds. The molecule has 4 nitrogen and oxygen atoms in total. The monoisotopic (exact) mass is 160 g/mol. The summed E-state index contributed by atoms with van der Waals surface area (Å²) in [7, 11) is 1.19. The van der Waals surface area contributed by atoms with E-state index in [4.69, 9.17) is 5.11 Å². The van der Waals surface area contributed by atoms with Crippen LogP contribution in [-0.2, 0) is 9.53 Å². The van der Waals surface area contributed by atoms with Crippen molar-refractivity contribution in [2.45, 2.75) is 25.0 Å². The van der Waals surface area contributed by atoms with Crippen LogP contribution in [-0.4, -0.2) is 35.5 Å². The lowest BCUT2D eigenvalue weighted by Crippen LogP contribution is -2.36. The summed E-state index contributed by atoms with van der Waals surface area (Å²) in [5.41, 5.74) is 0. The Morgan fingerprint density at radius 2 is 2.09 bits per heavy atom. The van der Waals surface area contributed by atoms with Gasteiger partial charge in [-0.25, -0.2) is 4.79 Å². The van der Waals surface area contributed by atoms with Gasteiger partial charge in [-0.15, -0.1) is 0 Å².